The minimum Gasteiger partial charge on any atom is -0.361 e. The third-order valence-corrected chi connectivity index (χ3v) is 5.30. The van der Waals surface area contributed by atoms with Gasteiger partial charge in [-0.2, -0.15) is 0 Å². The molecule has 0 atom stereocenters. The molecule has 0 unspecified atom stereocenters. The van der Waals surface area contributed by atoms with Crippen molar-refractivity contribution >= 4 is 15.9 Å². The van der Waals surface area contributed by atoms with E-state index in [2.05, 4.69) is 15.2 Å². The summed E-state index contributed by atoms with van der Waals surface area (Å²) >= 11 is 0. The van der Waals surface area contributed by atoms with E-state index in [4.69, 9.17) is 4.52 Å². The van der Waals surface area contributed by atoms with Gasteiger partial charge in [-0.25, -0.2) is 13.1 Å². The number of carbonyl (C=O) groups is 1. The Balaban J connectivity index is 1.81. The van der Waals surface area contributed by atoms with Crippen LogP contribution in [-0.2, 0) is 33.5 Å². The number of hydrogen-bond donors (Lipinski definition) is 2. The van der Waals surface area contributed by atoms with Gasteiger partial charge in [0.05, 0.1) is 11.4 Å². The standard InChI is InChI=1S/C17H23N3O4S/c1-12-16(13(2)24-20-12)8-9-17(21)19-10-14-4-6-15(7-5-14)11-25(22,23)18-3/h4-7,18H,8-11H2,1-3H3,(H,19,21). The lowest BCUT2D eigenvalue weighted by Crippen LogP contribution is -2.23. The van der Waals surface area contributed by atoms with Crippen molar-refractivity contribution in [1.29, 1.82) is 0 Å². The fraction of sp³-hybridized carbons (Fsp3) is 0.412. The lowest BCUT2D eigenvalue weighted by atomic mass is 10.1. The van der Waals surface area contributed by atoms with Crippen LogP contribution in [0.2, 0.25) is 0 Å². The predicted molar refractivity (Wildman–Crippen MR) is 94.3 cm³/mol. The molecule has 0 saturated carbocycles. The highest BCUT2D eigenvalue weighted by Crippen LogP contribution is 2.14. The maximum absolute atomic E-state index is 12.0. The third-order valence-electron chi connectivity index (χ3n) is 3.96. The average molecular weight is 365 g/mol. The number of carbonyl (C=O) groups excluding carboxylic acids is 1. The highest BCUT2D eigenvalue weighted by atomic mass is 32.2. The van der Waals surface area contributed by atoms with Gasteiger partial charge in [0, 0.05) is 18.5 Å². The van der Waals surface area contributed by atoms with E-state index < -0.39 is 10.0 Å². The number of amides is 1. The molecule has 0 spiro atoms. The molecule has 136 valence electrons. The molecule has 1 amide bonds. The fourth-order valence-corrected chi connectivity index (χ4v) is 3.21. The van der Waals surface area contributed by atoms with Crippen molar-refractivity contribution in [3.05, 3.63) is 52.4 Å². The summed E-state index contributed by atoms with van der Waals surface area (Å²) in [4.78, 5) is 12.0. The largest absolute Gasteiger partial charge is 0.361 e. The van der Waals surface area contributed by atoms with Crippen LogP contribution in [0.3, 0.4) is 0 Å². The zero-order valence-corrected chi connectivity index (χ0v) is 15.4. The molecule has 8 heteroatoms. The Labute approximate surface area is 147 Å². The van der Waals surface area contributed by atoms with Gasteiger partial charge in [-0.05, 0) is 38.4 Å². The van der Waals surface area contributed by atoms with Crippen molar-refractivity contribution in [3.63, 3.8) is 0 Å². The Morgan fingerprint density at radius 2 is 1.80 bits per heavy atom. The molecule has 0 bridgehead atoms. The second-order valence-electron chi connectivity index (χ2n) is 5.86. The van der Waals surface area contributed by atoms with Crippen molar-refractivity contribution in [2.45, 2.75) is 39.0 Å². The molecule has 0 aliphatic heterocycles. The molecule has 0 aliphatic rings. The van der Waals surface area contributed by atoms with Crippen molar-refractivity contribution in [2.75, 3.05) is 7.05 Å². The highest BCUT2D eigenvalue weighted by molar-refractivity contribution is 7.88. The van der Waals surface area contributed by atoms with Gasteiger partial charge in [0.2, 0.25) is 15.9 Å². The van der Waals surface area contributed by atoms with E-state index in [0.29, 0.717) is 24.9 Å². The summed E-state index contributed by atoms with van der Waals surface area (Å²) in [6, 6.07) is 7.13. The average Bonchev–Trinajstić information content (AvgIpc) is 2.90. The van der Waals surface area contributed by atoms with Crippen LogP contribution in [0.15, 0.2) is 28.8 Å². The van der Waals surface area contributed by atoms with Gasteiger partial charge in [-0.1, -0.05) is 29.4 Å². The fourth-order valence-electron chi connectivity index (χ4n) is 2.43. The predicted octanol–water partition coefficient (Wildman–Crippen LogP) is 1.59. The molecule has 0 radical (unpaired) electrons. The number of aromatic nitrogens is 1. The Kier molecular flexibility index (Phi) is 6.33. The maximum atomic E-state index is 12.0. The second-order valence-corrected chi connectivity index (χ2v) is 7.79. The van der Waals surface area contributed by atoms with Crippen LogP contribution in [-0.4, -0.2) is 26.5 Å². The van der Waals surface area contributed by atoms with Crippen molar-refractivity contribution in [1.82, 2.24) is 15.2 Å². The number of nitrogens with zero attached hydrogens (tertiary/aromatic N) is 1. The maximum Gasteiger partial charge on any atom is 0.220 e. The zero-order chi connectivity index (χ0) is 18.4. The lowest BCUT2D eigenvalue weighted by molar-refractivity contribution is -0.121. The van der Waals surface area contributed by atoms with E-state index >= 15 is 0 Å². The molecule has 1 aromatic carbocycles. The molecule has 2 N–H and O–H groups in total. The zero-order valence-electron chi connectivity index (χ0n) is 14.6. The summed E-state index contributed by atoms with van der Waals surface area (Å²) < 4.78 is 30.4. The Morgan fingerprint density at radius 3 is 2.36 bits per heavy atom. The molecule has 0 aliphatic carbocycles. The number of nitrogens with one attached hydrogen (secondary N) is 2. The highest BCUT2D eigenvalue weighted by Gasteiger charge is 2.11. The van der Waals surface area contributed by atoms with Gasteiger partial charge < -0.3 is 9.84 Å². The number of hydrogen-bond acceptors (Lipinski definition) is 5. The molecule has 7 nitrogen and oxygen atoms in total. The van der Waals surface area contributed by atoms with Crippen LogP contribution in [0.4, 0.5) is 0 Å². The van der Waals surface area contributed by atoms with Crippen LogP contribution in [0.25, 0.3) is 0 Å². The first-order valence-electron chi connectivity index (χ1n) is 7.98. The third kappa shape index (κ3) is 5.68. The first-order chi connectivity index (χ1) is 11.8. The van der Waals surface area contributed by atoms with Crippen molar-refractivity contribution in [2.24, 2.45) is 0 Å². The van der Waals surface area contributed by atoms with E-state index in [0.717, 1.165) is 22.6 Å². The number of sulfonamides is 1. The van der Waals surface area contributed by atoms with E-state index in [-0.39, 0.29) is 11.7 Å². The normalized spacial score (nSPS) is 11.5. The number of benzene rings is 1. The van der Waals surface area contributed by atoms with Gasteiger partial charge in [-0.15, -0.1) is 0 Å². The van der Waals surface area contributed by atoms with Gasteiger partial charge in [0.15, 0.2) is 0 Å². The van der Waals surface area contributed by atoms with E-state index in [1.807, 2.05) is 26.0 Å². The van der Waals surface area contributed by atoms with Crippen LogP contribution >= 0.6 is 0 Å². The Morgan fingerprint density at radius 1 is 1.16 bits per heavy atom. The summed E-state index contributed by atoms with van der Waals surface area (Å²) in [6.07, 6.45) is 0.954. The summed E-state index contributed by atoms with van der Waals surface area (Å²) in [6.45, 7) is 4.10. The van der Waals surface area contributed by atoms with Crippen LogP contribution in [0, 0.1) is 13.8 Å². The quantitative estimate of drug-likeness (QED) is 0.740. The van der Waals surface area contributed by atoms with Crippen molar-refractivity contribution < 1.29 is 17.7 Å². The van der Waals surface area contributed by atoms with Crippen molar-refractivity contribution in [3.8, 4) is 0 Å². The molecule has 2 aromatic rings. The minimum absolute atomic E-state index is 0.0539. The molecular formula is C17H23N3O4S. The molecule has 25 heavy (non-hydrogen) atoms. The van der Waals surface area contributed by atoms with Gasteiger partial charge in [0.25, 0.3) is 0 Å². The lowest BCUT2D eigenvalue weighted by Gasteiger charge is -2.07. The summed E-state index contributed by atoms with van der Waals surface area (Å²) in [5.74, 6) is 0.632. The van der Waals surface area contributed by atoms with E-state index in [1.165, 1.54) is 7.05 Å². The summed E-state index contributed by atoms with van der Waals surface area (Å²) in [5.41, 5.74) is 3.40. The second kappa shape index (κ2) is 8.26. The Bertz CT molecular complexity index is 807. The number of aryl methyl sites for hydroxylation is 2. The molecule has 0 fully saturated rings. The molecular weight excluding hydrogens is 342 g/mol. The SMILES string of the molecule is CNS(=O)(=O)Cc1ccc(CNC(=O)CCc2c(C)noc2C)cc1. The molecule has 0 saturated heterocycles. The van der Waals surface area contributed by atoms with Gasteiger partial charge >= 0.3 is 0 Å². The summed E-state index contributed by atoms with van der Waals surface area (Å²) in [7, 11) is -1.89. The van der Waals surface area contributed by atoms with Crippen LogP contribution in [0.1, 0.15) is 34.6 Å². The monoisotopic (exact) mass is 365 g/mol. The van der Waals surface area contributed by atoms with Crippen LogP contribution in [0.5, 0.6) is 0 Å². The number of rotatable bonds is 8. The first-order valence-corrected chi connectivity index (χ1v) is 9.63. The first kappa shape index (κ1) is 19.1. The minimum atomic E-state index is -3.28. The van der Waals surface area contributed by atoms with E-state index in [1.54, 1.807) is 12.1 Å². The topological polar surface area (TPSA) is 101 Å². The Hall–Kier alpha value is -2.19. The molecule has 2 rings (SSSR count). The molecule has 1 heterocycles. The van der Waals surface area contributed by atoms with Gasteiger partial charge in [0.1, 0.15) is 5.76 Å². The smallest absolute Gasteiger partial charge is 0.220 e. The van der Waals surface area contributed by atoms with E-state index in [9.17, 15) is 13.2 Å². The van der Waals surface area contributed by atoms with Crippen LogP contribution < -0.4 is 10.0 Å². The molecule has 1 aromatic heterocycles. The summed E-state index contributed by atoms with van der Waals surface area (Å²) in [5, 5.41) is 6.73. The van der Waals surface area contributed by atoms with Gasteiger partial charge in [-0.3, -0.25) is 4.79 Å².